The van der Waals surface area contributed by atoms with Crippen molar-refractivity contribution in [1.82, 2.24) is 10.2 Å². The van der Waals surface area contributed by atoms with E-state index in [-0.39, 0.29) is 43.7 Å². The second kappa shape index (κ2) is 7.30. The van der Waals surface area contributed by atoms with Crippen molar-refractivity contribution in [1.29, 1.82) is 0 Å². The van der Waals surface area contributed by atoms with Crippen LogP contribution in [-0.2, 0) is 19.2 Å². The number of carbonyl (C=O) groups excluding carboxylic acids is 3. The van der Waals surface area contributed by atoms with Gasteiger partial charge in [-0.15, -0.1) is 0 Å². The molecule has 1 aliphatic rings. The van der Waals surface area contributed by atoms with E-state index < -0.39 is 5.97 Å². The lowest BCUT2D eigenvalue weighted by molar-refractivity contribution is -0.138. The van der Waals surface area contributed by atoms with Gasteiger partial charge in [0.15, 0.2) is 0 Å². The van der Waals surface area contributed by atoms with Gasteiger partial charge in [0.25, 0.3) is 11.8 Å². The smallest absolute Gasteiger partial charge is 0.303 e. The van der Waals surface area contributed by atoms with E-state index in [1.807, 2.05) is 0 Å². The molecular weight excluding hydrogens is 252 g/mol. The number of carboxylic acids is 1. The Morgan fingerprint density at radius 3 is 2.26 bits per heavy atom. The van der Waals surface area contributed by atoms with Crippen LogP contribution in [0.5, 0.6) is 0 Å². The normalized spacial score (nSPS) is 14.0. The number of carboxylic acid groups (broad SMARTS) is 1. The van der Waals surface area contributed by atoms with Crippen LogP contribution in [0.4, 0.5) is 0 Å². The molecule has 0 atom stereocenters. The van der Waals surface area contributed by atoms with Crippen LogP contribution in [0.1, 0.15) is 25.7 Å². The molecule has 0 aromatic heterocycles. The summed E-state index contributed by atoms with van der Waals surface area (Å²) in [6, 6.07) is 0. The second-order valence-corrected chi connectivity index (χ2v) is 4.11. The third-order valence-corrected chi connectivity index (χ3v) is 2.60. The first-order valence-electron chi connectivity index (χ1n) is 6.02. The highest BCUT2D eigenvalue weighted by atomic mass is 16.4. The van der Waals surface area contributed by atoms with Gasteiger partial charge in [-0.1, -0.05) is 0 Å². The highest BCUT2D eigenvalue weighted by Crippen LogP contribution is 2.02. The van der Waals surface area contributed by atoms with E-state index in [0.29, 0.717) is 12.8 Å². The summed E-state index contributed by atoms with van der Waals surface area (Å²) < 4.78 is 0. The van der Waals surface area contributed by atoms with Crippen molar-refractivity contribution in [3.63, 3.8) is 0 Å². The minimum Gasteiger partial charge on any atom is -0.481 e. The molecule has 0 unspecified atom stereocenters. The van der Waals surface area contributed by atoms with Crippen molar-refractivity contribution in [2.45, 2.75) is 25.7 Å². The van der Waals surface area contributed by atoms with Crippen LogP contribution in [-0.4, -0.2) is 46.8 Å². The number of carbonyl (C=O) groups is 4. The fraction of sp³-hybridized carbons (Fsp3) is 0.500. The number of nitrogens with zero attached hydrogens (tertiary/aromatic N) is 1. The molecule has 0 saturated heterocycles. The Kier molecular flexibility index (Phi) is 5.72. The number of unbranched alkanes of at least 4 members (excludes halogenated alkanes) is 1. The quantitative estimate of drug-likeness (QED) is 0.463. The van der Waals surface area contributed by atoms with E-state index >= 15 is 0 Å². The van der Waals surface area contributed by atoms with E-state index in [1.54, 1.807) is 0 Å². The zero-order valence-corrected chi connectivity index (χ0v) is 10.4. The fourth-order valence-corrected chi connectivity index (χ4v) is 1.61. The largest absolute Gasteiger partial charge is 0.481 e. The van der Waals surface area contributed by atoms with Gasteiger partial charge in [0.2, 0.25) is 5.91 Å². The number of hydrogen-bond acceptors (Lipinski definition) is 4. The number of nitrogens with one attached hydrogen (secondary N) is 1. The minimum atomic E-state index is -0.876. The lowest BCUT2D eigenvalue weighted by Crippen LogP contribution is -2.38. The molecule has 19 heavy (non-hydrogen) atoms. The van der Waals surface area contributed by atoms with E-state index in [1.165, 1.54) is 12.2 Å². The molecule has 1 heterocycles. The first-order valence-corrected chi connectivity index (χ1v) is 6.02. The third kappa shape index (κ3) is 5.33. The number of hydrogen-bond donors (Lipinski definition) is 2. The van der Waals surface area contributed by atoms with Crippen molar-refractivity contribution >= 4 is 23.7 Å². The molecular formula is C12H16N2O5. The molecule has 0 radical (unpaired) electrons. The molecule has 104 valence electrons. The lowest BCUT2D eigenvalue weighted by Gasteiger charge is -2.13. The second-order valence-electron chi connectivity index (χ2n) is 4.11. The molecule has 2 N–H and O–H groups in total. The maximum absolute atomic E-state index is 11.4. The molecule has 7 nitrogen and oxygen atoms in total. The van der Waals surface area contributed by atoms with Gasteiger partial charge in [0.1, 0.15) is 0 Å². The summed E-state index contributed by atoms with van der Waals surface area (Å²) in [7, 11) is 0. The number of rotatable bonds is 8. The third-order valence-electron chi connectivity index (χ3n) is 2.60. The molecule has 1 aliphatic heterocycles. The van der Waals surface area contributed by atoms with Crippen LogP contribution >= 0.6 is 0 Å². The van der Waals surface area contributed by atoms with Crippen LogP contribution in [0.25, 0.3) is 0 Å². The Bertz CT molecular complexity index is 398. The van der Waals surface area contributed by atoms with Crippen LogP contribution in [0.15, 0.2) is 12.2 Å². The summed E-state index contributed by atoms with van der Waals surface area (Å²) in [5, 5.41) is 11.0. The van der Waals surface area contributed by atoms with Gasteiger partial charge >= 0.3 is 5.97 Å². The number of aliphatic carboxylic acids is 1. The molecule has 0 fully saturated rings. The van der Waals surface area contributed by atoms with Crippen LogP contribution in [0.2, 0.25) is 0 Å². The molecule has 0 aromatic rings. The highest BCUT2D eigenvalue weighted by Gasteiger charge is 2.22. The summed E-state index contributed by atoms with van der Waals surface area (Å²) in [6.45, 7) is 0.350. The van der Waals surface area contributed by atoms with Crippen molar-refractivity contribution in [2.24, 2.45) is 0 Å². The van der Waals surface area contributed by atoms with E-state index in [2.05, 4.69) is 5.32 Å². The lowest BCUT2D eigenvalue weighted by atomic mass is 10.2. The van der Waals surface area contributed by atoms with Gasteiger partial charge in [-0.2, -0.15) is 0 Å². The fourth-order valence-electron chi connectivity index (χ4n) is 1.61. The molecule has 0 aliphatic carbocycles. The van der Waals surface area contributed by atoms with Gasteiger partial charge in [-0.05, 0) is 12.8 Å². The highest BCUT2D eigenvalue weighted by molar-refractivity contribution is 6.12. The molecule has 0 aromatic carbocycles. The van der Waals surface area contributed by atoms with Crippen LogP contribution in [0.3, 0.4) is 0 Å². The monoisotopic (exact) mass is 268 g/mol. The Balaban J connectivity index is 2.09. The molecule has 1 rings (SSSR count). The van der Waals surface area contributed by atoms with E-state index in [0.717, 1.165) is 4.90 Å². The van der Waals surface area contributed by atoms with E-state index in [9.17, 15) is 19.2 Å². The summed E-state index contributed by atoms with van der Waals surface area (Å²) >= 11 is 0. The maximum atomic E-state index is 11.4. The molecule has 3 amide bonds. The standard InChI is InChI=1S/C12H16N2O5/c15-9(3-1-2-4-12(18)19)13-7-8-14-10(16)5-6-11(14)17/h5-6H,1-4,7-8H2,(H,13,15)(H,18,19). The van der Waals surface area contributed by atoms with Crippen molar-refractivity contribution in [3.05, 3.63) is 12.2 Å². The number of imide groups is 1. The average molecular weight is 268 g/mol. The van der Waals surface area contributed by atoms with Gasteiger partial charge in [-0.25, -0.2) is 0 Å². The molecule has 0 bridgehead atoms. The van der Waals surface area contributed by atoms with E-state index in [4.69, 9.17) is 5.11 Å². The topological polar surface area (TPSA) is 104 Å². The molecule has 7 heteroatoms. The van der Waals surface area contributed by atoms with Gasteiger partial charge < -0.3 is 10.4 Å². The summed E-state index contributed by atoms with van der Waals surface area (Å²) in [5.74, 6) is -1.84. The predicted molar refractivity (Wildman–Crippen MR) is 65.0 cm³/mol. The van der Waals surface area contributed by atoms with Crippen molar-refractivity contribution in [3.8, 4) is 0 Å². The average Bonchev–Trinajstić information content (AvgIpc) is 2.66. The SMILES string of the molecule is O=C(O)CCCCC(=O)NCCN1C(=O)C=CC1=O. The molecule has 0 spiro atoms. The minimum absolute atomic E-state index is 0.0513. The maximum Gasteiger partial charge on any atom is 0.303 e. The van der Waals surface area contributed by atoms with Crippen LogP contribution < -0.4 is 5.32 Å². The molecule has 0 saturated carbocycles. The Labute approximate surface area is 110 Å². The zero-order chi connectivity index (χ0) is 14.3. The zero-order valence-electron chi connectivity index (χ0n) is 10.4. The first-order chi connectivity index (χ1) is 9.00. The Morgan fingerprint density at radius 1 is 1.11 bits per heavy atom. The van der Waals surface area contributed by atoms with Gasteiger partial charge in [0.05, 0.1) is 0 Å². The Morgan fingerprint density at radius 2 is 1.68 bits per heavy atom. The van der Waals surface area contributed by atoms with Gasteiger partial charge in [0, 0.05) is 38.1 Å². The summed E-state index contributed by atoms with van der Waals surface area (Å²) in [4.78, 5) is 45.0. The number of amides is 3. The first kappa shape index (κ1) is 14.9. The van der Waals surface area contributed by atoms with Gasteiger partial charge in [-0.3, -0.25) is 24.1 Å². The summed E-state index contributed by atoms with van der Waals surface area (Å²) in [5.41, 5.74) is 0. The predicted octanol–water partition coefficient (Wildman–Crippen LogP) is -0.327. The van der Waals surface area contributed by atoms with Crippen molar-refractivity contribution < 1.29 is 24.3 Å². The van der Waals surface area contributed by atoms with Crippen molar-refractivity contribution in [2.75, 3.05) is 13.1 Å². The summed E-state index contributed by atoms with van der Waals surface area (Å²) in [6.07, 6.45) is 3.63. The van der Waals surface area contributed by atoms with Crippen LogP contribution in [0, 0.1) is 0 Å². The Hall–Kier alpha value is -2.18.